The van der Waals surface area contributed by atoms with E-state index < -0.39 is 11.7 Å². The van der Waals surface area contributed by atoms with E-state index in [-0.39, 0.29) is 18.2 Å². The van der Waals surface area contributed by atoms with Gasteiger partial charge in [0.25, 0.3) is 5.91 Å². The average molecular weight is 561 g/mol. The van der Waals surface area contributed by atoms with Gasteiger partial charge in [-0.2, -0.15) is 13.2 Å². The summed E-state index contributed by atoms with van der Waals surface area (Å²) in [4.78, 5) is 17.2. The Labute approximate surface area is 232 Å². The lowest BCUT2D eigenvalue weighted by Crippen LogP contribution is -2.23. The lowest BCUT2D eigenvalue weighted by atomic mass is 10.1. The fraction of sp³-hybridized carbons (Fsp3) is 0.0968. The van der Waals surface area contributed by atoms with Crippen molar-refractivity contribution in [2.75, 3.05) is 0 Å². The normalized spacial score (nSPS) is 11.2. The Morgan fingerprint density at radius 1 is 0.800 bits per heavy atom. The number of carbonyl (C=O) groups is 1. The number of hydrogen-bond donors (Lipinski definition) is 1. The molecule has 0 aliphatic rings. The van der Waals surface area contributed by atoms with Gasteiger partial charge in [-0.1, -0.05) is 54.6 Å². The Hall–Kier alpha value is -4.63. The molecule has 5 nitrogen and oxygen atoms in total. The van der Waals surface area contributed by atoms with E-state index in [0.29, 0.717) is 28.6 Å². The van der Waals surface area contributed by atoms with Gasteiger partial charge in [-0.15, -0.1) is 11.3 Å². The van der Waals surface area contributed by atoms with E-state index >= 15 is 0 Å². The molecule has 4 aromatic carbocycles. The summed E-state index contributed by atoms with van der Waals surface area (Å²) in [6.45, 7) is 0.285. The number of benzene rings is 4. The van der Waals surface area contributed by atoms with Crippen LogP contribution in [0.5, 0.6) is 17.2 Å². The zero-order valence-electron chi connectivity index (χ0n) is 21.0. The summed E-state index contributed by atoms with van der Waals surface area (Å²) in [7, 11) is 0. The summed E-state index contributed by atoms with van der Waals surface area (Å²) in [5.41, 5.74) is 1.58. The monoisotopic (exact) mass is 560 g/mol. The van der Waals surface area contributed by atoms with Crippen LogP contribution in [-0.4, -0.2) is 10.9 Å². The molecule has 0 unspecified atom stereocenters. The minimum absolute atomic E-state index is 0.0174. The number of thiazole rings is 1. The lowest BCUT2D eigenvalue weighted by molar-refractivity contribution is -0.137. The highest BCUT2D eigenvalue weighted by Gasteiger charge is 2.30. The molecule has 202 valence electrons. The molecule has 5 aromatic rings. The molecule has 9 heteroatoms. The maximum atomic E-state index is 13.0. The number of hydrogen-bond acceptors (Lipinski definition) is 5. The Balaban J connectivity index is 1.19. The van der Waals surface area contributed by atoms with E-state index in [1.165, 1.54) is 17.4 Å². The highest BCUT2D eigenvalue weighted by Crippen LogP contribution is 2.31. The highest BCUT2D eigenvalue weighted by molar-refractivity contribution is 7.13. The number of para-hydroxylation sites is 1. The number of ether oxygens (including phenoxy) is 2. The molecule has 40 heavy (non-hydrogen) atoms. The molecule has 0 saturated carbocycles. The van der Waals surface area contributed by atoms with Gasteiger partial charge >= 0.3 is 6.18 Å². The van der Waals surface area contributed by atoms with E-state index in [1.807, 2.05) is 60.7 Å². The summed E-state index contributed by atoms with van der Waals surface area (Å²) in [5, 5.41) is 5.18. The van der Waals surface area contributed by atoms with Crippen molar-refractivity contribution in [3.63, 3.8) is 0 Å². The molecule has 1 N–H and O–H groups in total. The summed E-state index contributed by atoms with van der Waals surface area (Å²) < 4.78 is 50.5. The van der Waals surface area contributed by atoms with Crippen molar-refractivity contribution in [1.82, 2.24) is 10.3 Å². The number of halogens is 3. The van der Waals surface area contributed by atoms with Crippen molar-refractivity contribution in [2.45, 2.75) is 19.3 Å². The average Bonchev–Trinajstić information content (AvgIpc) is 3.46. The van der Waals surface area contributed by atoms with Gasteiger partial charge in [0.2, 0.25) is 0 Å². The van der Waals surface area contributed by atoms with Crippen LogP contribution in [-0.2, 0) is 19.3 Å². The zero-order chi connectivity index (χ0) is 28.0. The lowest BCUT2D eigenvalue weighted by Gasteiger charge is -2.10. The summed E-state index contributed by atoms with van der Waals surface area (Å²) in [6, 6.07) is 29.0. The maximum absolute atomic E-state index is 13.0. The Morgan fingerprint density at radius 2 is 1.52 bits per heavy atom. The van der Waals surface area contributed by atoms with Crippen molar-refractivity contribution >= 4 is 17.2 Å². The van der Waals surface area contributed by atoms with Gasteiger partial charge < -0.3 is 14.8 Å². The van der Waals surface area contributed by atoms with Crippen molar-refractivity contribution in [1.29, 1.82) is 0 Å². The number of rotatable bonds is 9. The standard InChI is InChI=1S/C31H23F3N2O3S/c32-31(33,34)24-10-4-8-22(15-24)19-38-26-13-6-9-23(17-26)30-36-28(20-40-30)29(37)35-18-21-7-5-14-27(16-21)39-25-11-2-1-3-12-25/h1-17,20H,18-19H2,(H,35,37). The van der Waals surface area contributed by atoms with E-state index in [1.54, 1.807) is 29.6 Å². The van der Waals surface area contributed by atoms with Crippen LogP contribution in [0.15, 0.2) is 109 Å². The first-order valence-corrected chi connectivity index (χ1v) is 13.2. The summed E-state index contributed by atoms with van der Waals surface area (Å²) >= 11 is 1.31. The predicted octanol–water partition coefficient (Wildman–Crippen LogP) is 8.13. The van der Waals surface area contributed by atoms with Crippen molar-refractivity contribution in [2.24, 2.45) is 0 Å². The van der Waals surface area contributed by atoms with Crippen molar-refractivity contribution in [3.8, 4) is 27.8 Å². The molecule has 0 fully saturated rings. The Bertz CT molecular complexity index is 1600. The van der Waals surface area contributed by atoms with E-state index in [2.05, 4.69) is 10.3 Å². The van der Waals surface area contributed by atoms with Crippen LogP contribution in [0.2, 0.25) is 0 Å². The molecular weight excluding hydrogens is 537 g/mol. The van der Waals surface area contributed by atoms with Gasteiger partial charge in [-0.3, -0.25) is 4.79 Å². The van der Waals surface area contributed by atoms with Crippen molar-refractivity contribution in [3.05, 3.63) is 131 Å². The van der Waals surface area contributed by atoms with Gasteiger partial charge in [-0.05, 0) is 59.7 Å². The van der Waals surface area contributed by atoms with Gasteiger partial charge in [0.15, 0.2) is 0 Å². The molecule has 1 aromatic heterocycles. The Kier molecular flexibility index (Phi) is 8.12. The molecule has 0 radical (unpaired) electrons. The zero-order valence-corrected chi connectivity index (χ0v) is 21.8. The van der Waals surface area contributed by atoms with E-state index in [9.17, 15) is 18.0 Å². The SMILES string of the molecule is O=C(NCc1cccc(Oc2ccccc2)c1)c1csc(-c2cccc(OCc3cccc(C(F)(F)F)c3)c2)n1. The Morgan fingerprint density at radius 3 is 2.35 bits per heavy atom. The molecule has 0 spiro atoms. The third kappa shape index (κ3) is 7.06. The van der Waals surface area contributed by atoms with Crippen LogP contribution in [0.1, 0.15) is 27.2 Å². The number of alkyl halides is 3. The third-order valence-corrected chi connectivity index (χ3v) is 6.70. The molecule has 0 atom stereocenters. The summed E-state index contributed by atoms with van der Waals surface area (Å²) in [6.07, 6.45) is -4.41. The largest absolute Gasteiger partial charge is 0.489 e. The molecule has 0 aliphatic carbocycles. The number of nitrogens with one attached hydrogen (secondary N) is 1. The number of nitrogens with zero attached hydrogens (tertiary/aromatic N) is 1. The third-order valence-electron chi connectivity index (χ3n) is 5.81. The van der Waals surface area contributed by atoms with E-state index in [4.69, 9.17) is 9.47 Å². The fourth-order valence-corrected chi connectivity index (χ4v) is 4.65. The number of aromatic nitrogens is 1. The van der Waals surface area contributed by atoms with Gasteiger partial charge in [0.1, 0.15) is 34.6 Å². The maximum Gasteiger partial charge on any atom is 0.416 e. The second kappa shape index (κ2) is 12.0. The van der Waals surface area contributed by atoms with Gasteiger partial charge in [-0.25, -0.2) is 4.98 Å². The molecule has 0 saturated heterocycles. The van der Waals surface area contributed by atoms with Crippen LogP contribution in [0.3, 0.4) is 0 Å². The first-order chi connectivity index (χ1) is 19.3. The molecule has 1 heterocycles. The topological polar surface area (TPSA) is 60.5 Å². The predicted molar refractivity (Wildman–Crippen MR) is 147 cm³/mol. The van der Waals surface area contributed by atoms with Crippen molar-refractivity contribution < 1.29 is 27.4 Å². The molecule has 1 amide bonds. The van der Waals surface area contributed by atoms with Crippen LogP contribution >= 0.6 is 11.3 Å². The van der Waals surface area contributed by atoms with E-state index in [0.717, 1.165) is 29.0 Å². The minimum atomic E-state index is -4.41. The second-order valence-corrected chi connectivity index (χ2v) is 9.66. The quantitative estimate of drug-likeness (QED) is 0.198. The van der Waals surface area contributed by atoms with Gasteiger partial charge in [0.05, 0.1) is 5.56 Å². The van der Waals surface area contributed by atoms with Crippen LogP contribution in [0.25, 0.3) is 10.6 Å². The molecule has 0 aliphatic heterocycles. The minimum Gasteiger partial charge on any atom is -0.489 e. The number of amides is 1. The molecule has 5 rings (SSSR count). The van der Waals surface area contributed by atoms with Crippen LogP contribution in [0.4, 0.5) is 13.2 Å². The summed E-state index contributed by atoms with van der Waals surface area (Å²) in [5.74, 6) is 1.57. The molecular formula is C31H23F3N2O3S. The number of carbonyl (C=O) groups excluding carboxylic acids is 1. The fourth-order valence-electron chi connectivity index (χ4n) is 3.85. The van der Waals surface area contributed by atoms with Crippen LogP contribution in [0, 0.1) is 0 Å². The molecule has 0 bridgehead atoms. The second-order valence-electron chi connectivity index (χ2n) is 8.80. The smallest absolute Gasteiger partial charge is 0.416 e. The highest BCUT2D eigenvalue weighted by atomic mass is 32.1. The van der Waals surface area contributed by atoms with Gasteiger partial charge in [0, 0.05) is 17.5 Å². The first-order valence-electron chi connectivity index (χ1n) is 12.3. The van der Waals surface area contributed by atoms with Crippen LogP contribution < -0.4 is 14.8 Å². The first kappa shape index (κ1) is 27.0.